The van der Waals surface area contributed by atoms with Gasteiger partial charge in [0.2, 0.25) is 5.91 Å². The molecule has 0 unspecified atom stereocenters. The summed E-state index contributed by atoms with van der Waals surface area (Å²) >= 11 is 1.37. The first-order chi connectivity index (χ1) is 17.0. The summed E-state index contributed by atoms with van der Waals surface area (Å²) < 4.78 is 3.54. The number of H-pyrrole nitrogens is 1. The third-order valence-electron chi connectivity index (χ3n) is 6.60. The van der Waals surface area contributed by atoms with Crippen LogP contribution in [-0.4, -0.2) is 30.8 Å². The first kappa shape index (κ1) is 22.9. The van der Waals surface area contributed by atoms with Crippen LogP contribution in [0.1, 0.15) is 49.8 Å². The van der Waals surface area contributed by atoms with Crippen LogP contribution in [0.5, 0.6) is 0 Å². The lowest BCUT2D eigenvalue weighted by Gasteiger charge is -2.31. The highest BCUT2D eigenvalue weighted by molar-refractivity contribution is 7.99. The number of fused-ring (bicyclic) bond motifs is 2. The minimum absolute atomic E-state index is 0.00415. The van der Waals surface area contributed by atoms with Crippen molar-refractivity contribution >= 4 is 39.6 Å². The van der Waals surface area contributed by atoms with Crippen LogP contribution in [0.15, 0.2) is 57.2 Å². The number of nitriles is 1. The molecule has 0 atom stereocenters. The van der Waals surface area contributed by atoms with Crippen LogP contribution in [-0.2, 0) is 4.79 Å². The van der Waals surface area contributed by atoms with Gasteiger partial charge in [0.25, 0.3) is 5.56 Å². The highest BCUT2D eigenvalue weighted by Crippen LogP contribution is 2.37. The van der Waals surface area contributed by atoms with E-state index in [1.54, 1.807) is 27.3 Å². The van der Waals surface area contributed by atoms with Crippen LogP contribution < -0.4 is 17.0 Å². The average Bonchev–Trinajstić information content (AvgIpc) is 3.19. The number of nitrogens with two attached hydrogens (primary N) is 1. The normalized spacial score (nSPS) is 18.0. The summed E-state index contributed by atoms with van der Waals surface area (Å²) in [7, 11) is 0. The van der Waals surface area contributed by atoms with Crippen molar-refractivity contribution in [2.24, 2.45) is 5.73 Å². The van der Waals surface area contributed by atoms with E-state index in [2.05, 4.69) is 11.1 Å². The Morgan fingerprint density at radius 2 is 1.83 bits per heavy atom. The van der Waals surface area contributed by atoms with Crippen molar-refractivity contribution in [3.05, 3.63) is 68.9 Å². The van der Waals surface area contributed by atoms with Crippen LogP contribution in [0.2, 0.25) is 0 Å². The Kier molecular flexibility index (Phi) is 6.17. The summed E-state index contributed by atoms with van der Waals surface area (Å²) in [5.41, 5.74) is 7.59. The lowest BCUT2D eigenvalue weighted by molar-refractivity contribution is -0.117. The number of rotatable bonds is 6. The third-order valence-corrected chi connectivity index (χ3v) is 7.55. The number of hydrogen-bond donors (Lipinski definition) is 2. The Balaban J connectivity index is 1.44. The number of benzene rings is 2. The molecule has 9 nitrogen and oxygen atoms in total. The molecule has 2 heterocycles. The molecule has 5 rings (SSSR count). The fourth-order valence-corrected chi connectivity index (χ4v) is 5.95. The maximum absolute atomic E-state index is 13.5. The molecule has 2 aromatic carbocycles. The van der Waals surface area contributed by atoms with E-state index >= 15 is 0 Å². The predicted octanol–water partition coefficient (Wildman–Crippen LogP) is 3.24. The average molecular weight is 489 g/mol. The van der Waals surface area contributed by atoms with Crippen molar-refractivity contribution in [3.63, 3.8) is 0 Å². The first-order valence-electron chi connectivity index (χ1n) is 11.5. The van der Waals surface area contributed by atoms with Crippen LogP contribution in [0.3, 0.4) is 0 Å². The van der Waals surface area contributed by atoms with Gasteiger partial charge in [-0.2, -0.15) is 5.26 Å². The van der Waals surface area contributed by atoms with Gasteiger partial charge in [0.1, 0.15) is 0 Å². The van der Waals surface area contributed by atoms with E-state index < -0.39 is 5.91 Å². The van der Waals surface area contributed by atoms with Gasteiger partial charge >= 0.3 is 5.69 Å². The molecular formula is C25H24N6O3S. The van der Waals surface area contributed by atoms with Gasteiger partial charge < -0.3 is 10.7 Å². The van der Waals surface area contributed by atoms with Gasteiger partial charge in [-0.1, -0.05) is 23.9 Å². The second-order valence-electron chi connectivity index (χ2n) is 8.76. The Labute approximate surface area is 204 Å². The molecule has 1 saturated carbocycles. The Morgan fingerprint density at radius 1 is 1.11 bits per heavy atom. The molecule has 10 heteroatoms. The van der Waals surface area contributed by atoms with Gasteiger partial charge in [-0.15, -0.1) is 0 Å². The zero-order chi connectivity index (χ0) is 24.5. The summed E-state index contributed by atoms with van der Waals surface area (Å²) in [6, 6.07) is 14.5. The summed E-state index contributed by atoms with van der Waals surface area (Å²) in [4.78, 5) is 45.0. The molecule has 1 aliphatic carbocycles. The Bertz CT molecular complexity index is 1590. The van der Waals surface area contributed by atoms with E-state index in [9.17, 15) is 14.4 Å². The van der Waals surface area contributed by atoms with E-state index in [4.69, 9.17) is 16.0 Å². The summed E-state index contributed by atoms with van der Waals surface area (Å²) in [6.45, 7) is 0. The second-order valence-corrected chi connectivity index (χ2v) is 9.82. The quantitative estimate of drug-likeness (QED) is 0.315. The van der Waals surface area contributed by atoms with E-state index in [0.29, 0.717) is 45.7 Å². The standard InChI is InChI=1S/C25H24N6O3S/c26-14-15-5-10-21-20(13-15)28-24(34)30(21)16-6-8-17(9-7-16)31-23(33)18-3-1-2-4-19(18)29-25(31)35-12-11-22(27)32/h1-5,10,13,16-17H,6-9,11-12H2,(H2,27,32)(H,28,34). The molecular weight excluding hydrogens is 464 g/mol. The highest BCUT2D eigenvalue weighted by Gasteiger charge is 2.28. The predicted molar refractivity (Wildman–Crippen MR) is 134 cm³/mol. The number of imidazole rings is 1. The highest BCUT2D eigenvalue weighted by atomic mass is 32.2. The van der Waals surface area contributed by atoms with Crippen molar-refractivity contribution in [1.29, 1.82) is 5.26 Å². The van der Waals surface area contributed by atoms with Gasteiger partial charge in [0.05, 0.1) is 33.6 Å². The smallest absolute Gasteiger partial charge is 0.326 e. The fourth-order valence-electron chi connectivity index (χ4n) is 4.93. The zero-order valence-corrected chi connectivity index (χ0v) is 19.8. The number of nitrogens with one attached hydrogen (secondary N) is 1. The molecule has 1 amide bonds. The number of primary amides is 1. The molecule has 35 heavy (non-hydrogen) atoms. The van der Waals surface area contributed by atoms with Gasteiger partial charge in [-0.3, -0.25) is 18.7 Å². The summed E-state index contributed by atoms with van der Waals surface area (Å²) in [6.07, 6.45) is 3.08. The minimum atomic E-state index is -0.390. The summed E-state index contributed by atoms with van der Waals surface area (Å²) in [5, 5.41) is 10.3. The maximum atomic E-state index is 13.5. The van der Waals surface area contributed by atoms with E-state index in [1.807, 2.05) is 24.3 Å². The van der Waals surface area contributed by atoms with Gasteiger partial charge in [-0.05, 0) is 56.0 Å². The monoisotopic (exact) mass is 488 g/mol. The molecule has 1 aliphatic rings. The number of thioether (sulfide) groups is 1. The number of hydrogen-bond acceptors (Lipinski definition) is 6. The first-order valence-corrected chi connectivity index (χ1v) is 12.5. The van der Waals surface area contributed by atoms with E-state index in [0.717, 1.165) is 18.4 Å². The molecule has 0 radical (unpaired) electrons. The van der Waals surface area contributed by atoms with Crippen LogP contribution >= 0.6 is 11.8 Å². The number of aromatic amines is 1. The number of aromatic nitrogens is 4. The van der Waals surface area contributed by atoms with E-state index in [1.165, 1.54) is 11.8 Å². The Morgan fingerprint density at radius 3 is 2.54 bits per heavy atom. The zero-order valence-electron chi connectivity index (χ0n) is 18.9. The van der Waals surface area contributed by atoms with Gasteiger partial charge in [0, 0.05) is 24.3 Å². The Hall–Kier alpha value is -3.84. The molecule has 0 bridgehead atoms. The van der Waals surface area contributed by atoms with Crippen LogP contribution in [0, 0.1) is 11.3 Å². The number of carbonyl (C=O) groups is 1. The number of nitrogens with zero attached hydrogens (tertiary/aromatic N) is 4. The fraction of sp³-hybridized carbons (Fsp3) is 0.320. The maximum Gasteiger partial charge on any atom is 0.326 e. The molecule has 0 saturated heterocycles. The summed E-state index contributed by atoms with van der Waals surface area (Å²) in [5.74, 6) is 0.0592. The third kappa shape index (κ3) is 4.35. The molecule has 2 aromatic heterocycles. The number of amides is 1. The van der Waals surface area contributed by atoms with Crippen molar-refractivity contribution in [1.82, 2.24) is 19.1 Å². The molecule has 4 aromatic rings. The van der Waals surface area contributed by atoms with Crippen LogP contribution in [0.25, 0.3) is 21.9 Å². The molecule has 178 valence electrons. The van der Waals surface area contributed by atoms with E-state index in [-0.39, 0.29) is 29.8 Å². The van der Waals surface area contributed by atoms with Crippen LogP contribution in [0.4, 0.5) is 0 Å². The lowest BCUT2D eigenvalue weighted by atomic mass is 9.90. The second kappa shape index (κ2) is 9.43. The molecule has 0 aliphatic heterocycles. The minimum Gasteiger partial charge on any atom is -0.370 e. The SMILES string of the molecule is N#Cc1ccc2c(c1)[nH]c(=O)n2C1CCC(n2c(SCCC(N)=O)nc3ccccc3c2=O)CC1. The topological polar surface area (TPSA) is 140 Å². The molecule has 0 spiro atoms. The van der Waals surface area contributed by atoms with Crippen molar-refractivity contribution in [3.8, 4) is 6.07 Å². The molecule has 1 fully saturated rings. The number of para-hydroxylation sites is 1. The largest absolute Gasteiger partial charge is 0.370 e. The van der Waals surface area contributed by atoms with Gasteiger partial charge in [0.15, 0.2) is 5.16 Å². The van der Waals surface area contributed by atoms with Crippen molar-refractivity contribution in [2.75, 3.05) is 5.75 Å². The molecule has 3 N–H and O–H groups in total. The van der Waals surface area contributed by atoms with Gasteiger partial charge in [-0.25, -0.2) is 9.78 Å². The van der Waals surface area contributed by atoms with Crippen molar-refractivity contribution < 1.29 is 4.79 Å². The van der Waals surface area contributed by atoms with Crippen molar-refractivity contribution in [2.45, 2.75) is 49.3 Å². The number of carbonyl (C=O) groups excluding carboxylic acids is 1. The lowest BCUT2D eigenvalue weighted by Crippen LogP contribution is -2.32.